The van der Waals surface area contributed by atoms with E-state index in [1.54, 1.807) is 48.5 Å². The third-order valence-electron chi connectivity index (χ3n) is 4.08. The van der Waals surface area contributed by atoms with Gasteiger partial charge in [-0.25, -0.2) is 0 Å². The summed E-state index contributed by atoms with van der Waals surface area (Å²) in [5.74, 6) is 0. The van der Waals surface area contributed by atoms with Crippen LogP contribution < -0.4 is 4.83 Å². The second-order valence-corrected chi connectivity index (χ2v) is 8.02. The molecule has 27 heavy (non-hydrogen) atoms. The first-order chi connectivity index (χ1) is 13.0. The first-order valence-corrected chi connectivity index (χ1v) is 10.4. The van der Waals surface area contributed by atoms with Gasteiger partial charge < -0.3 is 0 Å². The molecule has 0 aromatic heterocycles. The number of hydrogen-bond donors (Lipinski definition) is 1. The van der Waals surface area contributed by atoms with Crippen LogP contribution >= 0.6 is 11.6 Å². The number of nitrogens with one attached hydrogen (secondary N) is 1. The zero-order chi connectivity index (χ0) is 19.3. The third-order valence-corrected chi connectivity index (χ3v) is 5.56. The highest BCUT2D eigenvalue weighted by atomic mass is 35.5. The quantitative estimate of drug-likeness (QED) is 0.486. The Labute approximate surface area is 164 Å². The summed E-state index contributed by atoms with van der Waals surface area (Å²) in [4.78, 5) is 2.52. The Morgan fingerprint density at radius 1 is 0.889 bits per heavy atom. The highest BCUT2D eigenvalue weighted by Gasteiger charge is 2.14. The lowest BCUT2D eigenvalue weighted by atomic mass is 10.0. The van der Waals surface area contributed by atoms with Crippen LogP contribution in [0.3, 0.4) is 0 Å². The van der Waals surface area contributed by atoms with Crippen molar-refractivity contribution in [3.63, 3.8) is 0 Å². The van der Waals surface area contributed by atoms with E-state index in [1.165, 1.54) is 0 Å². The molecule has 0 fully saturated rings. The van der Waals surface area contributed by atoms with Gasteiger partial charge in [0.2, 0.25) is 0 Å². The van der Waals surface area contributed by atoms with Gasteiger partial charge in [0.25, 0.3) is 10.0 Å². The number of benzene rings is 3. The molecule has 0 saturated carbocycles. The summed E-state index contributed by atoms with van der Waals surface area (Å²) in [6.45, 7) is 2.02. The molecule has 3 rings (SSSR count). The Bertz CT molecular complexity index is 1030. The van der Waals surface area contributed by atoms with E-state index in [0.29, 0.717) is 10.7 Å². The van der Waals surface area contributed by atoms with Gasteiger partial charge in [0, 0.05) is 16.1 Å². The summed E-state index contributed by atoms with van der Waals surface area (Å²) in [6, 6.07) is 23.3. The molecule has 0 atom stereocenters. The number of sulfonamides is 1. The van der Waals surface area contributed by atoms with Crippen LogP contribution in [0.2, 0.25) is 5.02 Å². The summed E-state index contributed by atoms with van der Waals surface area (Å²) in [5, 5.41) is 4.82. The minimum Gasteiger partial charge on any atom is -0.200 e. The second kappa shape index (κ2) is 8.37. The van der Waals surface area contributed by atoms with Crippen molar-refractivity contribution < 1.29 is 8.42 Å². The Balaban J connectivity index is 1.96. The minimum absolute atomic E-state index is 0.173. The van der Waals surface area contributed by atoms with Gasteiger partial charge in [-0.05, 0) is 36.2 Å². The fraction of sp³-hybridized carbons (Fsp3) is 0.0952. The fourth-order valence-electron chi connectivity index (χ4n) is 2.56. The molecule has 6 heteroatoms. The second-order valence-electron chi connectivity index (χ2n) is 5.93. The largest absolute Gasteiger partial charge is 0.276 e. The van der Waals surface area contributed by atoms with Crippen LogP contribution in [-0.2, 0) is 16.4 Å². The van der Waals surface area contributed by atoms with Crippen molar-refractivity contribution in [2.75, 3.05) is 0 Å². The van der Waals surface area contributed by atoms with Crippen molar-refractivity contribution in [1.29, 1.82) is 0 Å². The number of aryl methyl sites for hydroxylation is 1. The van der Waals surface area contributed by atoms with E-state index in [1.807, 2.05) is 37.3 Å². The van der Waals surface area contributed by atoms with Gasteiger partial charge in [-0.2, -0.15) is 18.4 Å². The summed E-state index contributed by atoms with van der Waals surface area (Å²) in [6.07, 6.45) is 0.848. The van der Waals surface area contributed by atoms with Gasteiger partial charge in [-0.3, -0.25) is 0 Å². The SMILES string of the molecule is CCc1ccc(S(=O)(=O)N/N=C(\c2ccccc2)c2ccc(Cl)cc2)cc1. The van der Waals surface area contributed by atoms with Crippen LogP contribution in [0.15, 0.2) is 88.9 Å². The minimum atomic E-state index is -3.77. The molecule has 0 aliphatic heterocycles. The topological polar surface area (TPSA) is 58.5 Å². The molecule has 0 amide bonds. The van der Waals surface area contributed by atoms with Crippen LogP contribution in [0.25, 0.3) is 0 Å². The summed E-state index contributed by atoms with van der Waals surface area (Å²) in [5.41, 5.74) is 3.14. The van der Waals surface area contributed by atoms with Crippen molar-refractivity contribution >= 4 is 27.3 Å². The van der Waals surface area contributed by atoms with Crippen LogP contribution in [-0.4, -0.2) is 14.1 Å². The standard InChI is InChI=1S/C21H19ClN2O2S/c1-2-16-8-14-20(15-9-16)27(25,26)24-23-21(17-6-4-3-5-7-17)18-10-12-19(22)13-11-18/h3-15,24H,2H2,1H3/b23-21+. The summed E-state index contributed by atoms with van der Waals surface area (Å²) < 4.78 is 25.2. The number of nitrogens with zero attached hydrogens (tertiary/aromatic N) is 1. The van der Waals surface area contributed by atoms with Crippen molar-refractivity contribution in [1.82, 2.24) is 4.83 Å². The highest BCUT2D eigenvalue weighted by molar-refractivity contribution is 7.89. The van der Waals surface area contributed by atoms with E-state index in [9.17, 15) is 8.42 Å². The van der Waals surface area contributed by atoms with Crippen LogP contribution in [0.5, 0.6) is 0 Å². The molecule has 3 aromatic carbocycles. The predicted molar refractivity (Wildman–Crippen MR) is 110 cm³/mol. The van der Waals surface area contributed by atoms with Crippen LogP contribution in [0, 0.1) is 0 Å². The lowest BCUT2D eigenvalue weighted by Crippen LogP contribution is -2.21. The first-order valence-electron chi connectivity index (χ1n) is 8.49. The molecule has 4 nitrogen and oxygen atoms in total. The van der Waals surface area contributed by atoms with E-state index in [2.05, 4.69) is 9.93 Å². The molecule has 0 bridgehead atoms. The molecule has 0 radical (unpaired) electrons. The van der Waals surface area contributed by atoms with Crippen LogP contribution in [0.1, 0.15) is 23.6 Å². The van der Waals surface area contributed by atoms with Gasteiger partial charge in [-0.15, -0.1) is 0 Å². The van der Waals surface area contributed by atoms with Gasteiger partial charge in [0.1, 0.15) is 0 Å². The number of hydrogen-bond acceptors (Lipinski definition) is 3. The van der Waals surface area contributed by atoms with E-state index < -0.39 is 10.0 Å². The van der Waals surface area contributed by atoms with Crippen molar-refractivity contribution in [2.45, 2.75) is 18.2 Å². The average Bonchev–Trinajstić information content (AvgIpc) is 2.70. The zero-order valence-corrected chi connectivity index (χ0v) is 16.3. The number of rotatable bonds is 6. The van der Waals surface area contributed by atoms with E-state index in [0.717, 1.165) is 23.1 Å². The molecule has 1 N–H and O–H groups in total. The van der Waals surface area contributed by atoms with Crippen molar-refractivity contribution in [3.8, 4) is 0 Å². The van der Waals surface area contributed by atoms with Crippen molar-refractivity contribution in [3.05, 3.63) is 101 Å². The normalized spacial score (nSPS) is 12.0. The molecule has 0 aliphatic rings. The van der Waals surface area contributed by atoms with Gasteiger partial charge >= 0.3 is 0 Å². The van der Waals surface area contributed by atoms with Crippen molar-refractivity contribution in [2.24, 2.45) is 5.10 Å². The Morgan fingerprint density at radius 2 is 1.48 bits per heavy atom. The molecule has 0 unspecified atom stereocenters. The van der Waals surface area contributed by atoms with E-state index in [4.69, 9.17) is 11.6 Å². The predicted octanol–water partition coefficient (Wildman–Crippen LogP) is 4.63. The Hall–Kier alpha value is -2.63. The zero-order valence-electron chi connectivity index (χ0n) is 14.8. The summed E-state index contributed by atoms with van der Waals surface area (Å²) in [7, 11) is -3.77. The van der Waals surface area contributed by atoms with Crippen LogP contribution in [0.4, 0.5) is 0 Å². The number of hydrazone groups is 1. The maximum atomic E-state index is 12.6. The first kappa shape index (κ1) is 19.1. The molecule has 138 valence electrons. The maximum Gasteiger partial charge on any atom is 0.276 e. The molecule has 0 heterocycles. The van der Waals surface area contributed by atoms with Gasteiger partial charge in [0.15, 0.2) is 0 Å². The van der Waals surface area contributed by atoms with Gasteiger partial charge in [-0.1, -0.05) is 73.1 Å². The smallest absolute Gasteiger partial charge is 0.200 e. The van der Waals surface area contributed by atoms with E-state index >= 15 is 0 Å². The highest BCUT2D eigenvalue weighted by Crippen LogP contribution is 2.16. The van der Waals surface area contributed by atoms with E-state index in [-0.39, 0.29) is 4.90 Å². The molecule has 0 spiro atoms. The average molecular weight is 399 g/mol. The lowest BCUT2D eigenvalue weighted by molar-refractivity contribution is 0.584. The third kappa shape index (κ3) is 4.76. The lowest BCUT2D eigenvalue weighted by Gasteiger charge is -2.10. The molecule has 0 aliphatic carbocycles. The molecule has 3 aromatic rings. The van der Waals surface area contributed by atoms with Gasteiger partial charge in [0.05, 0.1) is 10.6 Å². The monoisotopic (exact) mass is 398 g/mol. The Kier molecular flexibility index (Phi) is 5.94. The molecular formula is C21H19ClN2O2S. The molecule has 0 saturated heterocycles. The Morgan fingerprint density at radius 3 is 2.07 bits per heavy atom. The summed E-state index contributed by atoms with van der Waals surface area (Å²) >= 11 is 5.97. The molecular weight excluding hydrogens is 380 g/mol. The maximum absolute atomic E-state index is 12.6. The fourth-order valence-corrected chi connectivity index (χ4v) is 3.50. The number of halogens is 1.